The Kier molecular flexibility index (Phi) is 9.62. The Morgan fingerprint density at radius 3 is 2.30 bits per heavy atom. The molecule has 2 aromatic carbocycles. The second-order valence-corrected chi connectivity index (χ2v) is 13.9. The molecular weight excluding hydrogens is 584 g/mol. The molecule has 0 bridgehead atoms. The fraction of sp³-hybridized carbons (Fsp3) is 0.375. The molecule has 1 aliphatic rings. The zero-order valence-electron chi connectivity index (χ0n) is 25.7. The lowest BCUT2D eigenvalue weighted by molar-refractivity contribution is -0.145. The molecule has 0 saturated carbocycles. The van der Waals surface area contributed by atoms with Gasteiger partial charge in [-0.25, -0.2) is 27.9 Å². The minimum Gasteiger partial charge on any atom is -0.497 e. The maximum atomic E-state index is 13.3. The Balaban J connectivity index is 1.56. The molecule has 234 valence electrons. The number of aromatic nitrogens is 1. The van der Waals surface area contributed by atoms with Crippen LogP contribution in [0.3, 0.4) is 0 Å². The Morgan fingerprint density at radius 2 is 1.70 bits per heavy atom. The van der Waals surface area contributed by atoms with E-state index in [4.69, 9.17) is 9.47 Å². The minimum absolute atomic E-state index is 0.0226. The van der Waals surface area contributed by atoms with Crippen LogP contribution in [0.5, 0.6) is 5.75 Å². The molecule has 1 aliphatic heterocycles. The van der Waals surface area contributed by atoms with Crippen LogP contribution in [0.25, 0.3) is 0 Å². The van der Waals surface area contributed by atoms with Gasteiger partial charge in [0.1, 0.15) is 17.2 Å². The average Bonchev–Trinajstić information content (AvgIpc) is 2.96. The summed E-state index contributed by atoms with van der Waals surface area (Å²) in [6, 6.07) is 18.4. The zero-order chi connectivity index (χ0) is 32.2. The molecule has 1 aromatic heterocycles. The van der Waals surface area contributed by atoms with Crippen molar-refractivity contribution in [2.75, 3.05) is 18.3 Å². The van der Waals surface area contributed by atoms with Gasteiger partial charge < -0.3 is 14.8 Å². The number of sulfone groups is 1. The van der Waals surface area contributed by atoms with E-state index in [1.165, 1.54) is 11.1 Å². The first-order chi connectivity index (χ1) is 20.7. The number of β-lactam (4-membered cyclic amide) rings is 1. The van der Waals surface area contributed by atoms with E-state index in [1.54, 1.807) is 59.1 Å². The van der Waals surface area contributed by atoms with Crippen molar-refractivity contribution in [2.24, 2.45) is 5.92 Å². The van der Waals surface area contributed by atoms with E-state index in [9.17, 15) is 22.8 Å². The number of hydrogen-bond acceptors (Lipinski definition) is 8. The summed E-state index contributed by atoms with van der Waals surface area (Å²) in [5.41, 5.74) is 1.41. The summed E-state index contributed by atoms with van der Waals surface area (Å²) in [7, 11) is -2.27. The number of nitrogens with one attached hydrogen (secondary N) is 1. The average molecular weight is 623 g/mol. The standard InChI is InChI=1S/C32H38N4O7S/c1-21(24-10-8-7-9-11-24)34-30(38)36-28(37)26(29(36)44(6,40)41)18-23-16-17-33-27(19-23)35(31(39)43-32(2,3)4)20-22-12-14-25(42-5)15-13-22/h7-17,19,21,26,29H,18,20H2,1-6H3,(H,34,38)/t21-,26?,29-/m1/s1. The van der Waals surface area contributed by atoms with Crippen LogP contribution in [-0.2, 0) is 32.3 Å². The van der Waals surface area contributed by atoms with Crippen molar-refractivity contribution in [1.82, 2.24) is 15.2 Å². The Labute approximate surface area is 258 Å². The molecule has 1 N–H and O–H groups in total. The van der Waals surface area contributed by atoms with Crippen LogP contribution in [0, 0.1) is 5.92 Å². The van der Waals surface area contributed by atoms with E-state index >= 15 is 0 Å². The number of hydrogen-bond donors (Lipinski definition) is 1. The van der Waals surface area contributed by atoms with Crippen molar-refractivity contribution in [2.45, 2.75) is 57.7 Å². The summed E-state index contributed by atoms with van der Waals surface area (Å²) in [5.74, 6) is -0.657. The quantitative estimate of drug-likeness (QED) is 0.334. The molecule has 3 atom stereocenters. The normalized spacial score (nSPS) is 17.3. The van der Waals surface area contributed by atoms with Crippen LogP contribution in [0.4, 0.5) is 15.4 Å². The van der Waals surface area contributed by atoms with Crippen molar-refractivity contribution >= 4 is 33.7 Å². The molecule has 4 amide bonds. The Morgan fingerprint density at radius 1 is 1.05 bits per heavy atom. The topological polar surface area (TPSA) is 135 Å². The molecule has 1 saturated heterocycles. The first kappa shape index (κ1) is 32.5. The van der Waals surface area contributed by atoms with Gasteiger partial charge >= 0.3 is 12.1 Å². The number of ether oxygens (including phenoxy) is 2. The van der Waals surface area contributed by atoms with Gasteiger partial charge in [0, 0.05) is 12.5 Å². The molecule has 0 radical (unpaired) electrons. The second kappa shape index (κ2) is 13.0. The molecule has 1 unspecified atom stereocenters. The third-order valence-electron chi connectivity index (χ3n) is 7.11. The first-order valence-corrected chi connectivity index (χ1v) is 16.1. The highest BCUT2D eigenvalue weighted by Crippen LogP contribution is 2.34. The maximum absolute atomic E-state index is 13.3. The number of methoxy groups -OCH3 is 1. The van der Waals surface area contributed by atoms with Crippen LogP contribution in [0.15, 0.2) is 72.9 Å². The molecule has 11 nitrogen and oxygen atoms in total. The van der Waals surface area contributed by atoms with Gasteiger partial charge in [0.25, 0.3) is 0 Å². The number of likely N-dealkylation sites (tertiary alicyclic amines) is 1. The third kappa shape index (κ3) is 7.73. The number of anilines is 1. The van der Waals surface area contributed by atoms with Gasteiger partial charge in [-0.2, -0.15) is 0 Å². The zero-order valence-corrected chi connectivity index (χ0v) is 26.5. The number of benzene rings is 2. The summed E-state index contributed by atoms with van der Waals surface area (Å²) >= 11 is 0. The van der Waals surface area contributed by atoms with E-state index in [0.717, 1.165) is 22.3 Å². The van der Waals surface area contributed by atoms with Crippen LogP contribution in [-0.4, -0.2) is 60.7 Å². The summed E-state index contributed by atoms with van der Waals surface area (Å²) in [6.07, 6.45) is 1.90. The smallest absolute Gasteiger partial charge is 0.416 e. The number of carbonyl (C=O) groups excluding carboxylic acids is 3. The molecule has 0 aliphatic carbocycles. The van der Waals surface area contributed by atoms with E-state index in [2.05, 4.69) is 10.3 Å². The molecule has 12 heteroatoms. The maximum Gasteiger partial charge on any atom is 0.416 e. The monoisotopic (exact) mass is 622 g/mol. The van der Waals surface area contributed by atoms with E-state index in [1.807, 2.05) is 42.5 Å². The van der Waals surface area contributed by atoms with Gasteiger partial charge in [0.15, 0.2) is 15.2 Å². The van der Waals surface area contributed by atoms with E-state index < -0.39 is 50.8 Å². The lowest BCUT2D eigenvalue weighted by Crippen LogP contribution is -2.68. The number of pyridine rings is 1. The molecule has 2 heterocycles. The van der Waals surface area contributed by atoms with Gasteiger partial charge in [-0.1, -0.05) is 42.5 Å². The highest BCUT2D eigenvalue weighted by atomic mass is 32.2. The number of rotatable bonds is 9. The van der Waals surface area contributed by atoms with Crippen molar-refractivity contribution in [1.29, 1.82) is 0 Å². The van der Waals surface area contributed by atoms with Gasteiger partial charge in [-0.05, 0) is 75.1 Å². The second-order valence-electron chi connectivity index (χ2n) is 11.8. The van der Waals surface area contributed by atoms with E-state index in [0.29, 0.717) is 11.3 Å². The van der Waals surface area contributed by atoms with E-state index in [-0.39, 0.29) is 18.8 Å². The Hall–Kier alpha value is -4.45. The predicted molar refractivity (Wildman–Crippen MR) is 166 cm³/mol. The van der Waals surface area contributed by atoms with Crippen LogP contribution >= 0.6 is 0 Å². The largest absolute Gasteiger partial charge is 0.497 e. The SMILES string of the molecule is COc1ccc(CN(C(=O)OC(C)(C)C)c2cc(CC3C(=O)N(C(=O)N[C@H](C)c4ccccc4)[C@@H]3S(C)(=O)=O)ccn2)cc1. The highest BCUT2D eigenvalue weighted by molar-refractivity contribution is 7.91. The first-order valence-electron chi connectivity index (χ1n) is 14.1. The summed E-state index contributed by atoms with van der Waals surface area (Å²) in [4.78, 5) is 46.1. The van der Waals surface area contributed by atoms with Crippen LogP contribution < -0.4 is 15.0 Å². The molecule has 1 fully saturated rings. The number of amides is 4. The fourth-order valence-electron chi connectivity index (χ4n) is 4.96. The van der Waals surface area contributed by atoms with Gasteiger partial charge in [0.2, 0.25) is 5.91 Å². The van der Waals surface area contributed by atoms with Gasteiger partial charge in [-0.3, -0.25) is 9.69 Å². The number of nitrogens with zero attached hydrogens (tertiary/aromatic N) is 3. The molecule has 44 heavy (non-hydrogen) atoms. The van der Waals surface area contributed by atoms with Crippen molar-refractivity contribution in [3.8, 4) is 5.75 Å². The number of urea groups is 1. The summed E-state index contributed by atoms with van der Waals surface area (Å²) < 4.78 is 36.5. The molecule has 3 aromatic rings. The van der Waals surface area contributed by atoms with Gasteiger partial charge in [-0.15, -0.1) is 0 Å². The molecule has 0 spiro atoms. The summed E-state index contributed by atoms with van der Waals surface area (Å²) in [5, 5.41) is 1.39. The number of carbonyl (C=O) groups is 3. The Bertz CT molecular complexity index is 1610. The minimum atomic E-state index is -3.84. The predicted octanol–water partition coefficient (Wildman–Crippen LogP) is 4.87. The fourth-order valence-corrected chi connectivity index (χ4v) is 6.35. The van der Waals surface area contributed by atoms with Gasteiger partial charge in [0.05, 0.1) is 25.6 Å². The van der Waals surface area contributed by atoms with Crippen molar-refractivity contribution in [3.63, 3.8) is 0 Å². The van der Waals surface area contributed by atoms with Crippen LogP contribution in [0.2, 0.25) is 0 Å². The highest BCUT2D eigenvalue weighted by Gasteiger charge is 2.55. The molecule has 4 rings (SSSR count). The lowest BCUT2D eigenvalue weighted by Gasteiger charge is -2.44. The number of imide groups is 1. The van der Waals surface area contributed by atoms with Crippen molar-refractivity contribution in [3.05, 3.63) is 89.6 Å². The van der Waals surface area contributed by atoms with Crippen molar-refractivity contribution < 1.29 is 32.3 Å². The third-order valence-corrected chi connectivity index (χ3v) is 8.52. The van der Waals surface area contributed by atoms with Crippen LogP contribution in [0.1, 0.15) is 50.4 Å². The summed E-state index contributed by atoms with van der Waals surface area (Å²) in [6.45, 7) is 7.17. The molecular formula is C32H38N4O7S. The lowest BCUT2D eigenvalue weighted by atomic mass is 9.91.